The summed E-state index contributed by atoms with van der Waals surface area (Å²) in [6.07, 6.45) is 2.68. The lowest BCUT2D eigenvalue weighted by Crippen LogP contribution is -2.44. The molecule has 0 bridgehead atoms. The highest BCUT2D eigenvalue weighted by Crippen LogP contribution is 2.37. The van der Waals surface area contributed by atoms with Gasteiger partial charge < -0.3 is 10.5 Å². The van der Waals surface area contributed by atoms with Gasteiger partial charge in [0.25, 0.3) is 0 Å². The summed E-state index contributed by atoms with van der Waals surface area (Å²) in [7, 11) is 0. The van der Waals surface area contributed by atoms with Crippen LogP contribution in [0, 0.1) is 5.92 Å². The number of hydrogen-bond acceptors (Lipinski definition) is 3. The monoisotopic (exact) mass is 290 g/mol. The molecule has 0 radical (unpaired) electrons. The summed E-state index contributed by atoms with van der Waals surface area (Å²) in [5.41, 5.74) is 7.40. The molecular weight excluding hydrogens is 260 g/mol. The van der Waals surface area contributed by atoms with E-state index in [9.17, 15) is 0 Å². The summed E-state index contributed by atoms with van der Waals surface area (Å²) >= 11 is 0. The summed E-state index contributed by atoms with van der Waals surface area (Å²) in [6.45, 7) is 10.6. The van der Waals surface area contributed by atoms with Crippen LogP contribution >= 0.6 is 0 Å². The van der Waals surface area contributed by atoms with Crippen molar-refractivity contribution in [2.45, 2.75) is 58.7 Å². The van der Waals surface area contributed by atoms with Gasteiger partial charge in [0.2, 0.25) is 0 Å². The van der Waals surface area contributed by atoms with Crippen molar-refractivity contribution >= 4 is 0 Å². The molecule has 1 aromatic carbocycles. The molecule has 1 aliphatic heterocycles. The summed E-state index contributed by atoms with van der Waals surface area (Å²) in [6, 6.07) is 9.53. The molecule has 118 valence electrons. The first-order valence-corrected chi connectivity index (χ1v) is 8.25. The van der Waals surface area contributed by atoms with Crippen molar-refractivity contribution in [2.75, 3.05) is 13.1 Å². The van der Waals surface area contributed by atoms with Crippen molar-refractivity contribution in [3.63, 3.8) is 0 Å². The van der Waals surface area contributed by atoms with Crippen molar-refractivity contribution < 1.29 is 4.74 Å². The molecule has 21 heavy (non-hydrogen) atoms. The van der Waals surface area contributed by atoms with Crippen LogP contribution in [-0.4, -0.2) is 30.1 Å². The third-order valence-electron chi connectivity index (χ3n) is 4.33. The average molecular weight is 290 g/mol. The van der Waals surface area contributed by atoms with Crippen LogP contribution in [0.4, 0.5) is 0 Å². The molecule has 0 saturated carbocycles. The van der Waals surface area contributed by atoms with E-state index in [1.807, 2.05) is 6.07 Å². The Balaban J connectivity index is 2.30. The molecular formula is C18H30N2O. The number of ether oxygens (including phenoxy) is 1. The number of rotatable bonds is 5. The van der Waals surface area contributed by atoms with E-state index in [-0.39, 0.29) is 6.10 Å². The molecule has 0 amide bonds. The molecule has 1 heterocycles. The van der Waals surface area contributed by atoms with Crippen molar-refractivity contribution in [3.05, 3.63) is 29.8 Å². The molecule has 1 saturated heterocycles. The Morgan fingerprint density at radius 1 is 1.29 bits per heavy atom. The predicted molar refractivity (Wildman–Crippen MR) is 88.6 cm³/mol. The van der Waals surface area contributed by atoms with E-state index in [0.29, 0.717) is 18.0 Å². The van der Waals surface area contributed by atoms with Gasteiger partial charge in [-0.15, -0.1) is 0 Å². The Kier molecular flexibility index (Phi) is 5.65. The van der Waals surface area contributed by atoms with Gasteiger partial charge in [-0.05, 0) is 77.2 Å². The molecule has 2 atom stereocenters. The van der Waals surface area contributed by atoms with E-state index in [1.54, 1.807) is 0 Å². The third-order valence-corrected chi connectivity index (χ3v) is 4.33. The van der Waals surface area contributed by atoms with Crippen LogP contribution < -0.4 is 10.5 Å². The molecule has 1 fully saturated rings. The van der Waals surface area contributed by atoms with Gasteiger partial charge in [0.1, 0.15) is 5.75 Å². The van der Waals surface area contributed by atoms with E-state index < -0.39 is 0 Å². The van der Waals surface area contributed by atoms with E-state index in [2.05, 4.69) is 50.8 Å². The highest BCUT2D eigenvalue weighted by molar-refractivity contribution is 5.31. The van der Waals surface area contributed by atoms with Crippen molar-refractivity contribution in [2.24, 2.45) is 11.7 Å². The lowest BCUT2D eigenvalue weighted by Gasteiger charge is -2.43. The normalized spacial score (nSPS) is 23.8. The maximum absolute atomic E-state index is 6.05. The van der Waals surface area contributed by atoms with Gasteiger partial charge in [-0.25, -0.2) is 0 Å². The first kappa shape index (κ1) is 16.3. The fourth-order valence-corrected chi connectivity index (χ4v) is 3.44. The fraction of sp³-hybridized carbons (Fsp3) is 0.667. The Hall–Kier alpha value is -1.06. The number of nitrogens with two attached hydrogens (primary N) is 1. The first-order chi connectivity index (χ1) is 10.0. The highest BCUT2D eigenvalue weighted by Gasteiger charge is 2.33. The van der Waals surface area contributed by atoms with Crippen LogP contribution in [0.2, 0.25) is 0 Å². The minimum atomic E-state index is 0.207. The van der Waals surface area contributed by atoms with Crippen molar-refractivity contribution in [1.29, 1.82) is 0 Å². The zero-order valence-electron chi connectivity index (χ0n) is 13.9. The summed E-state index contributed by atoms with van der Waals surface area (Å²) < 4.78 is 5.86. The smallest absolute Gasteiger partial charge is 0.120 e. The SMILES string of the molecule is CC(C)Oc1cccc(C2C(CN)CCCN2C(C)C)c1. The summed E-state index contributed by atoms with van der Waals surface area (Å²) in [4.78, 5) is 2.59. The predicted octanol–water partition coefficient (Wildman–Crippen LogP) is 3.59. The number of likely N-dealkylation sites (tertiary alicyclic amines) is 1. The number of benzene rings is 1. The van der Waals surface area contributed by atoms with Gasteiger partial charge >= 0.3 is 0 Å². The van der Waals surface area contributed by atoms with Crippen LogP contribution in [0.15, 0.2) is 24.3 Å². The van der Waals surface area contributed by atoms with Crippen LogP contribution in [-0.2, 0) is 0 Å². The standard InChI is InChI=1S/C18H30N2O/c1-13(2)20-10-6-8-16(12-19)18(20)15-7-5-9-17(11-15)21-14(3)4/h5,7,9,11,13-14,16,18H,6,8,10,12,19H2,1-4H3. The van der Waals surface area contributed by atoms with E-state index in [4.69, 9.17) is 10.5 Å². The fourth-order valence-electron chi connectivity index (χ4n) is 3.44. The van der Waals surface area contributed by atoms with Gasteiger partial charge in [0.15, 0.2) is 0 Å². The minimum absolute atomic E-state index is 0.207. The molecule has 2 N–H and O–H groups in total. The van der Waals surface area contributed by atoms with Crippen molar-refractivity contribution in [3.8, 4) is 5.75 Å². The second-order valence-electron chi connectivity index (χ2n) is 6.65. The molecule has 2 rings (SSSR count). The number of nitrogens with zero attached hydrogens (tertiary/aromatic N) is 1. The summed E-state index contributed by atoms with van der Waals surface area (Å²) in [5.74, 6) is 1.50. The average Bonchev–Trinajstić information content (AvgIpc) is 2.45. The Morgan fingerprint density at radius 3 is 2.67 bits per heavy atom. The van der Waals surface area contributed by atoms with E-state index in [1.165, 1.54) is 18.4 Å². The zero-order valence-corrected chi connectivity index (χ0v) is 13.9. The van der Waals surface area contributed by atoms with Gasteiger partial charge in [-0.2, -0.15) is 0 Å². The van der Waals surface area contributed by atoms with E-state index in [0.717, 1.165) is 18.8 Å². The van der Waals surface area contributed by atoms with Gasteiger partial charge in [0.05, 0.1) is 6.10 Å². The largest absolute Gasteiger partial charge is 0.491 e. The second kappa shape index (κ2) is 7.28. The van der Waals surface area contributed by atoms with Gasteiger partial charge in [-0.3, -0.25) is 4.90 Å². The minimum Gasteiger partial charge on any atom is -0.491 e. The third kappa shape index (κ3) is 3.98. The topological polar surface area (TPSA) is 38.5 Å². The number of piperidine rings is 1. The quantitative estimate of drug-likeness (QED) is 0.900. The maximum Gasteiger partial charge on any atom is 0.120 e. The Morgan fingerprint density at radius 2 is 2.05 bits per heavy atom. The molecule has 0 aliphatic carbocycles. The Bertz CT molecular complexity index is 445. The van der Waals surface area contributed by atoms with Crippen LogP contribution in [0.3, 0.4) is 0 Å². The highest BCUT2D eigenvalue weighted by atomic mass is 16.5. The maximum atomic E-state index is 6.05. The van der Waals surface area contributed by atoms with Gasteiger partial charge in [-0.1, -0.05) is 12.1 Å². The molecule has 1 aromatic rings. The zero-order chi connectivity index (χ0) is 15.4. The lowest BCUT2D eigenvalue weighted by molar-refractivity contribution is 0.0663. The molecule has 1 aliphatic rings. The molecule has 2 unspecified atom stereocenters. The second-order valence-corrected chi connectivity index (χ2v) is 6.65. The van der Waals surface area contributed by atoms with Crippen LogP contribution in [0.5, 0.6) is 5.75 Å². The van der Waals surface area contributed by atoms with Crippen LogP contribution in [0.25, 0.3) is 0 Å². The molecule has 0 aromatic heterocycles. The number of hydrogen-bond donors (Lipinski definition) is 1. The molecule has 3 heteroatoms. The first-order valence-electron chi connectivity index (χ1n) is 8.25. The summed E-state index contributed by atoms with van der Waals surface area (Å²) in [5, 5.41) is 0. The molecule has 3 nitrogen and oxygen atoms in total. The van der Waals surface area contributed by atoms with Crippen molar-refractivity contribution in [1.82, 2.24) is 4.90 Å². The van der Waals surface area contributed by atoms with Gasteiger partial charge in [0, 0.05) is 12.1 Å². The van der Waals surface area contributed by atoms with Crippen LogP contribution in [0.1, 0.15) is 52.1 Å². The lowest BCUT2D eigenvalue weighted by atomic mass is 9.84. The Labute approximate surface area is 129 Å². The van der Waals surface area contributed by atoms with E-state index >= 15 is 0 Å². The molecule has 0 spiro atoms.